The monoisotopic (exact) mass is 406 g/mol. The number of pyridine rings is 1. The molecule has 0 bridgehead atoms. The number of carbonyl (C=O) groups is 3. The minimum absolute atomic E-state index is 0.187. The Hall–Kier alpha value is -3.21. The summed E-state index contributed by atoms with van der Waals surface area (Å²) in [5.41, 5.74) is 7.94. The number of nitrogen functional groups attached to an aromatic ring is 1. The molecule has 11 nitrogen and oxygen atoms in total. The van der Waals surface area contributed by atoms with E-state index in [0.29, 0.717) is 22.5 Å². The normalized spacial score (nSPS) is 23.7. The third-order valence-electron chi connectivity index (χ3n) is 4.39. The molecule has 2 aromatic heterocycles. The van der Waals surface area contributed by atoms with E-state index in [1.807, 2.05) is 0 Å². The molecule has 2 N–H and O–H groups in total. The number of carbonyl (C=O) groups excluding carboxylic acids is 3. The molecule has 156 valence electrons. The van der Waals surface area contributed by atoms with Crippen LogP contribution in [0.2, 0.25) is 0 Å². The maximum atomic E-state index is 11.7. The number of nitrogens with zero attached hydrogens (tertiary/aromatic N) is 3. The van der Waals surface area contributed by atoms with Crippen LogP contribution in [0, 0.1) is 6.92 Å². The van der Waals surface area contributed by atoms with Gasteiger partial charge in [0.1, 0.15) is 18.2 Å². The number of hydrogen-bond donors (Lipinski definition) is 1. The first-order valence-corrected chi connectivity index (χ1v) is 8.90. The average Bonchev–Trinajstić information content (AvgIpc) is 3.14. The van der Waals surface area contributed by atoms with Gasteiger partial charge < -0.3 is 24.7 Å². The van der Waals surface area contributed by atoms with E-state index in [4.69, 9.17) is 24.7 Å². The Labute approximate surface area is 166 Å². The van der Waals surface area contributed by atoms with Crippen molar-refractivity contribution in [2.75, 3.05) is 12.3 Å². The standard InChI is InChI=1S/C18H22N4O7/c1-8-12(19)5-13-17(21-8)22(7-20-13)18-16(28-11(4)25)15(27-10(3)24)14(29-18)6-26-9(2)23/h5,7,14-16,18H,6,19H2,1-4H3/t14-,15-,16-,18-/m1/s1. The topological polar surface area (TPSA) is 145 Å². The van der Waals surface area contributed by atoms with Gasteiger partial charge in [0.2, 0.25) is 0 Å². The van der Waals surface area contributed by atoms with Gasteiger partial charge in [-0.3, -0.25) is 19.0 Å². The Morgan fingerprint density at radius 2 is 1.79 bits per heavy atom. The molecule has 11 heteroatoms. The predicted molar refractivity (Wildman–Crippen MR) is 98.3 cm³/mol. The molecule has 0 aliphatic carbocycles. The van der Waals surface area contributed by atoms with E-state index in [0.717, 1.165) is 0 Å². The van der Waals surface area contributed by atoms with E-state index in [-0.39, 0.29) is 6.61 Å². The summed E-state index contributed by atoms with van der Waals surface area (Å²) in [7, 11) is 0. The molecule has 4 atom stereocenters. The van der Waals surface area contributed by atoms with Gasteiger partial charge in [0, 0.05) is 20.8 Å². The maximum absolute atomic E-state index is 11.7. The van der Waals surface area contributed by atoms with Crippen LogP contribution < -0.4 is 5.73 Å². The minimum Gasteiger partial charge on any atom is -0.463 e. The lowest BCUT2D eigenvalue weighted by atomic mass is 10.1. The molecule has 0 amide bonds. The number of nitrogens with two attached hydrogens (primary N) is 1. The van der Waals surface area contributed by atoms with Crippen molar-refractivity contribution in [3.05, 3.63) is 18.1 Å². The van der Waals surface area contributed by atoms with Gasteiger partial charge in [-0.15, -0.1) is 0 Å². The van der Waals surface area contributed by atoms with E-state index in [1.54, 1.807) is 17.6 Å². The van der Waals surface area contributed by atoms with Gasteiger partial charge in [0.25, 0.3) is 0 Å². The van der Waals surface area contributed by atoms with Crippen LogP contribution in [0.5, 0.6) is 0 Å². The number of hydrogen-bond acceptors (Lipinski definition) is 10. The molecule has 0 unspecified atom stereocenters. The summed E-state index contributed by atoms with van der Waals surface area (Å²) in [5.74, 6) is -1.71. The van der Waals surface area contributed by atoms with Crippen LogP contribution in [0.4, 0.5) is 5.69 Å². The van der Waals surface area contributed by atoms with E-state index in [2.05, 4.69) is 9.97 Å². The molecule has 1 saturated heterocycles. The van der Waals surface area contributed by atoms with Crippen molar-refractivity contribution in [3.63, 3.8) is 0 Å². The average molecular weight is 406 g/mol. The lowest BCUT2D eigenvalue weighted by Crippen LogP contribution is -2.40. The molecule has 1 fully saturated rings. The molecule has 0 saturated carbocycles. The molecule has 3 heterocycles. The number of aryl methyl sites for hydroxylation is 1. The summed E-state index contributed by atoms with van der Waals surface area (Å²) in [5, 5.41) is 0. The number of anilines is 1. The summed E-state index contributed by atoms with van der Waals surface area (Å²) in [6.45, 7) is 5.26. The van der Waals surface area contributed by atoms with E-state index < -0.39 is 42.4 Å². The van der Waals surface area contributed by atoms with Gasteiger partial charge in [-0.1, -0.05) is 0 Å². The number of ether oxygens (including phenoxy) is 4. The van der Waals surface area contributed by atoms with Crippen molar-refractivity contribution in [2.45, 2.75) is 52.2 Å². The maximum Gasteiger partial charge on any atom is 0.303 e. The second-order valence-corrected chi connectivity index (χ2v) is 6.67. The van der Waals surface area contributed by atoms with E-state index >= 15 is 0 Å². The second kappa shape index (κ2) is 8.03. The quantitative estimate of drug-likeness (QED) is 0.555. The minimum atomic E-state index is -1.01. The Kier molecular flexibility index (Phi) is 5.69. The van der Waals surface area contributed by atoms with Crippen LogP contribution in [0.15, 0.2) is 12.4 Å². The summed E-state index contributed by atoms with van der Waals surface area (Å²) in [4.78, 5) is 43.3. The van der Waals surface area contributed by atoms with E-state index in [9.17, 15) is 14.4 Å². The number of fused-ring (bicyclic) bond motifs is 1. The van der Waals surface area contributed by atoms with E-state index in [1.165, 1.54) is 27.1 Å². The number of aromatic nitrogens is 3. The van der Waals surface area contributed by atoms with Gasteiger partial charge in [0.15, 0.2) is 24.1 Å². The molecule has 0 radical (unpaired) electrons. The third-order valence-corrected chi connectivity index (χ3v) is 4.39. The molecule has 0 aromatic carbocycles. The lowest BCUT2D eigenvalue weighted by Gasteiger charge is -2.23. The van der Waals surface area contributed by atoms with Crippen LogP contribution in [-0.4, -0.2) is 57.4 Å². The van der Waals surface area contributed by atoms with Crippen LogP contribution in [0.25, 0.3) is 11.2 Å². The van der Waals surface area contributed by atoms with Gasteiger partial charge in [-0.05, 0) is 13.0 Å². The Morgan fingerprint density at radius 3 is 2.41 bits per heavy atom. The molecule has 29 heavy (non-hydrogen) atoms. The zero-order valence-electron chi connectivity index (χ0n) is 16.4. The first-order valence-electron chi connectivity index (χ1n) is 8.90. The molecule has 1 aliphatic heterocycles. The van der Waals surface area contributed by atoms with Gasteiger partial charge in [0.05, 0.1) is 17.7 Å². The second-order valence-electron chi connectivity index (χ2n) is 6.67. The van der Waals surface area contributed by atoms with Crippen molar-refractivity contribution in [1.82, 2.24) is 14.5 Å². The molecule has 3 rings (SSSR count). The molecular weight excluding hydrogens is 384 g/mol. The van der Waals surface area contributed by atoms with Gasteiger partial charge in [-0.25, -0.2) is 9.97 Å². The summed E-state index contributed by atoms with van der Waals surface area (Å²) >= 11 is 0. The zero-order valence-corrected chi connectivity index (χ0v) is 16.4. The molecule has 2 aromatic rings. The van der Waals surface area contributed by atoms with Gasteiger partial charge >= 0.3 is 17.9 Å². The fraction of sp³-hybridized carbons (Fsp3) is 0.500. The fourth-order valence-corrected chi connectivity index (χ4v) is 3.16. The van der Waals surface area contributed by atoms with Crippen molar-refractivity contribution in [1.29, 1.82) is 0 Å². The lowest BCUT2D eigenvalue weighted by molar-refractivity contribution is -0.166. The molecular formula is C18H22N4O7. The third kappa shape index (κ3) is 4.29. The molecule has 0 spiro atoms. The highest BCUT2D eigenvalue weighted by molar-refractivity contribution is 5.76. The summed E-state index contributed by atoms with van der Waals surface area (Å²) in [6.07, 6.45) is -2.30. The van der Waals surface area contributed by atoms with Crippen molar-refractivity contribution in [3.8, 4) is 0 Å². The van der Waals surface area contributed by atoms with Crippen molar-refractivity contribution in [2.24, 2.45) is 0 Å². The SMILES string of the molecule is CC(=O)OC[C@H]1O[C@@H](n2cnc3cc(N)c(C)nc32)[C@H](OC(C)=O)[C@@H]1OC(C)=O. The highest BCUT2D eigenvalue weighted by atomic mass is 16.7. The highest BCUT2D eigenvalue weighted by Crippen LogP contribution is 2.36. The fourth-order valence-electron chi connectivity index (χ4n) is 3.16. The van der Waals surface area contributed by atoms with Crippen LogP contribution in [0.1, 0.15) is 32.7 Å². The Morgan fingerprint density at radius 1 is 1.14 bits per heavy atom. The number of rotatable bonds is 5. The zero-order chi connectivity index (χ0) is 21.3. The highest BCUT2D eigenvalue weighted by Gasteiger charge is 2.51. The van der Waals surface area contributed by atoms with Crippen LogP contribution in [-0.2, 0) is 33.3 Å². The van der Waals surface area contributed by atoms with Crippen LogP contribution in [0.3, 0.4) is 0 Å². The Balaban J connectivity index is 2.03. The summed E-state index contributed by atoms with van der Waals surface area (Å²) in [6, 6.07) is 1.67. The molecule has 1 aliphatic rings. The van der Waals surface area contributed by atoms with Gasteiger partial charge in [-0.2, -0.15) is 0 Å². The largest absolute Gasteiger partial charge is 0.463 e. The van der Waals surface area contributed by atoms with Crippen molar-refractivity contribution >= 4 is 34.8 Å². The number of esters is 3. The van der Waals surface area contributed by atoms with Crippen LogP contribution >= 0.6 is 0 Å². The van der Waals surface area contributed by atoms with Crippen molar-refractivity contribution < 1.29 is 33.3 Å². The number of imidazole rings is 1. The predicted octanol–water partition coefficient (Wildman–Crippen LogP) is 0.646. The first-order chi connectivity index (χ1) is 13.7. The Bertz CT molecular complexity index is 957. The first kappa shape index (κ1) is 20.5. The summed E-state index contributed by atoms with van der Waals surface area (Å²) < 4.78 is 23.3. The smallest absolute Gasteiger partial charge is 0.303 e.